The third-order valence-electron chi connectivity index (χ3n) is 2.11. The Morgan fingerprint density at radius 1 is 1.64 bits per heavy atom. The Balaban J connectivity index is 2.60. The van der Waals surface area contributed by atoms with Crippen LogP contribution < -0.4 is 11.1 Å². The zero-order valence-electron chi connectivity index (χ0n) is 8.11. The lowest BCUT2D eigenvalue weighted by atomic mass is 10.2. The molecule has 1 rings (SSSR count). The fourth-order valence-corrected chi connectivity index (χ4v) is 1.17. The van der Waals surface area contributed by atoms with Crippen molar-refractivity contribution in [1.82, 2.24) is 10.2 Å². The summed E-state index contributed by atoms with van der Waals surface area (Å²) >= 11 is 0. The smallest absolute Gasteiger partial charge is 0.252 e. The number of hydrogen-bond acceptors (Lipinski definition) is 4. The van der Waals surface area contributed by atoms with Crippen LogP contribution in [0.2, 0.25) is 0 Å². The summed E-state index contributed by atoms with van der Waals surface area (Å²) in [5.74, 6) is -1.10. The lowest BCUT2D eigenvalue weighted by Gasteiger charge is -2.12. The van der Waals surface area contributed by atoms with Gasteiger partial charge in [0.1, 0.15) is 6.04 Å². The third kappa shape index (κ3) is 1.90. The molecule has 14 heavy (non-hydrogen) atoms. The van der Waals surface area contributed by atoms with Gasteiger partial charge in [0.2, 0.25) is 11.8 Å². The topological polar surface area (TPSA) is 92.5 Å². The van der Waals surface area contributed by atoms with Gasteiger partial charge in [0, 0.05) is 7.05 Å². The Morgan fingerprint density at radius 2 is 2.21 bits per heavy atom. The van der Waals surface area contributed by atoms with Gasteiger partial charge < -0.3 is 11.1 Å². The maximum absolute atomic E-state index is 11.3. The molecule has 0 aromatic heterocycles. The van der Waals surface area contributed by atoms with Crippen LogP contribution >= 0.6 is 0 Å². The summed E-state index contributed by atoms with van der Waals surface area (Å²) in [4.78, 5) is 34.5. The minimum Gasteiger partial charge on any atom is -0.342 e. The van der Waals surface area contributed by atoms with Crippen LogP contribution in [0.15, 0.2) is 0 Å². The second kappa shape index (κ2) is 3.75. The Hall–Kier alpha value is -1.43. The summed E-state index contributed by atoms with van der Waals surface area (Å²) in [6.45, 7) is 1.51. The van der Waals surface area contributed by atoms with E-state index in [0.29, 0.717) is 0 Å². The minimum absolute atomic E-state index is 0.0216. The Labute approximate surface area is 81.4 Å². The summed E-state index contributed by atoms with van der Waals surface area (Å²) in [5, 5.41) is 2.41. The van der Waals surface area contributed by atoms with E-state index in [-0.39, 0.29) is 18.2 Å². The van der Waals surface area contributed by atoms with Crippen molar-refractivity contribution in [3.63, 3.8) is 0 Å². The van der Waals surface area contributed by atoms with E-state index in [1.54, 1.807) is 0 Å². The van der Waals surface area contributed by atoms with Crippen molar-refractivity contribution in [2.24, 2.45) is 5.73 Å². The van der Waals surface area contributed by atoms with Gasteiger partial charge in [-0.25, -0.2) is 0 Å². The van der Waals surface area contributed by atoms with Crippen molar-refractivity contribution in [2.75, 3.05) is 7.05 Å². The number of nitrogens with zero attached hydrogens (tertiary/aromatic N) is 1. The van der Waals surface area contributed by atoms with Gasteiger partial charge in [0.25, 0.3) is 5.91 Å². The standard InChI is InChI=1S/C8H13N3O3/c1-4(9)7(13)10-5-3-6(12)11(2)8(5)14/h4-5H,3,9H2,1-2H3,(H,10,13)/t4-,5?/m0/s1. The summed E-state index contributed by atoms with van der Waals surface area (Å²) < 4.78 is 0. The van der Waals surface area contributed by atoms with Gasteiger partial charge in [0.15, 0.2) is 0 Å². The lowest BCUT2D eigenvalue weighted by Crippen LogP contribution is -2.46. The van der Waals surface area contributed by atoms with E-state index in [1.807, 2.05) is 0 Å². The van der Waals surface area contributed by atoms with Crippen molar-refractivity contribution in [1.29, 1.82) is 0 Å². The Kier molecular flexibility index (Phi) is 2.85. The molecule has 3 amide bonds. The van der Waals surface area contributed by atoms with E-state index >= 15 is 0 Å². The second-order valence-electron chi connectivity index (χ2n) is 3.34. The minimum atomic E-state index is -0.744. The number of imide groups is 1. The van der Waals surface area contributed by atoms with E-state index in [4.69, 9.17) is 5.73 Å². The number of carbonyl (C=O) groups is 3. The van der Waals surface area contributed by atoms with Crippen LogP contribution in [0.3, 0.4) is 0 Å². The monoisotopic (exact) mass is 199 g/mol. The largest absolute Gasteiger partial charge is 0.342 e. The number of carbonyl (C=O) groups excluding carboxylic acids is 3. The number of hydrogen-bond donors (Lipinski definition) is 2. The molecular weight excluding hydrogens is 186 g/mol. The van der Waals surface area contributed by atoms with Crippen LogP contribution in [0, 0.1) is 0 Å². The molecule has 0 radical (unpaired) electrons. The number of nitrogens with one attached hydrogen (secondary N) is 1. The molecule has 0 aromatic carbocycles. The van der Waals surface area contributed by atoms with Crippen molar-refractivity contribution in [3.8, 4) is 0 Å². The summed E-state index contributed by atoms with van der Waals surface area (Å²) in [7, 11) is 1.39. The fourth-order valence-electron chi connectivity index (χ4n) is 1.17. The van der Waals surface area contributed by atoms with Crippen molar-refractivity contribution < 1.29 is 14.4 Å². The van der Waals surface area contributed by atoms with Crippen LogP contribution in [0.25, 0.3) is 0 Å². The predicted molar refractivity (Wildman–Crippen MR) is 48.0 cm³/mol. The molecule has 1 saturated heterocycles. The molecule has 6 heteroatoms. The van der Waals surface area contributed by atoms with Gasteiger partial charge in [0.05, 0.1) is 12.5 Å². The van der Waals surface area contributed by atoms with Crippen molar-refractivity contribution in [3.05, 3.63) is 0 Å². The van der Waals surface area contributed by atoms with Gasteiger partial charge in [-0.2, -0.15) is 0 Å². The van der Waals surface area contributed by atoms with Crippen LogP contribution in [0.4, 0.5) is 0 Å². The van der Waals surface area contributed by atoms with E-state index in [2.05, 4.69) is 5.32 Å². The molecule has 3 N–H and O–H groups in total. The quantitative estimate of drug-likeness (QED) is 0.513. The number of likely N-dealkylation sites (N-methyl/N-ethyl adjacent to an activating group) is 1. The first kappa shape index (κ1) is 10.6. The van der Waals surface area contributed by atoms with E-state index in [9.17, 15) is 14.4 Å². The highest BCUT2D eigenvalue weighted by molar-refractivity contribution is 6.06. The first-order valence-corrected chi connectivity index (χ1v) is 4.30. The third-order valence-corrected chi connectivity index (χ3v) is 2.11. The number of rotatable bonds is 2. The highest BCUT2D eigenvalue weighted by Gasteiger charge is 2.37. The molecule has 1 aliphatic heterocycles. The second-order valence-corrected chi connectivity index (χ2v) is 3.34. The molecule has 0 aliphatic carbocycles. The summed E-state index contributed by atoms with van der Waals surface area (Å²) in [6, 6.07) is -1.42. The van der Waals surface area contributed by atoms with Crippen molar-refractivity contribution in [2.45, 2.75) is 25.4 Å². The first-order chi connectivity index (χ1) is 6.43. The zero-order valence-corrected chi connectivity index (χ0v) is 8.11. The van der Waals surface area contributed by atoms with Gasteiger partial charge in [-0.1, -0.05) is 0 Å². The van der Waals surface area contributed by atoms with Gasteiger partial charge in [-0.05, 0) is 6.92 Å². The molecule has 1 unspecified atom stereocenters. The number of likely N-dealkylation sites (tertiary alicyclic amines) is 1. The summed E-state index contributed by atoms with van der Waals surface area (Å²) in [5.41, 5.74) is 5.31. The summed E-state index contributed by atoms with van der Waals surface area (Å²) in [6.07, 6.45) is 0.0216. The predicted octanol–water partition coefficient (Wildman–Crippen LogP) is -1.79. The SMILES string of the molecule is C[C@H](N)C(=O)NC1CC(=O)N(C)C1=O. The van der Waals surface area contributed by atoms with Crippen LogP contribution in [-0.2, 0) is 14.4 Å². The molecule has 0 saturated carbocycles. The molecule has 0 spiro atoms. The average molecular weight is 199 g/mol. The van der Waals surface area contributed by atoms with Gasteiger partial charge in [-0.15, -0.1) is 0 Å². The molecule has 1 fully saturated rings. The first-order valence-electron chi connectivity index (χ1n) is 4.30. The Bertz CT molecular complexity index is 288. The number of amides is 3. The molecule has 1 aliphatic rings. The molecule has 2 atom stereocenters. The van der Waals surface area contributed by atoms with Crippen LogP contribution in [0.1, 0.15) is 13.3 Å². The average Bonchev–Trinajstić information content (AvgIpc) is 2.33. The molecular formula is C8H13N3O3. The molecule has 6 nitrogen and oxygen atoms in total. The van der Waals surface area contributed by atoms with E-state index in [0.717, 1.165) is 4.90 Å². The molecule has 1 heterocycles. The molecule has 78 valence electrons. The van der Waals surface area contributed by atoms with Crippen molar-refractivity contribution >= 4 is 17.7 Å². The maximum Gasteiger partial charge on any atom is 0.252 e. The van der Waals surface area contributed by atoms with E-state index in [1.165, 1.54) is 14.0 Å². The van der Waals surface area contributed by atoms with Gasteiger partial charge >= 0.3 is 0 Å². The van der Waals surface area contributed by atoms with E-state index < -0.39 is 18.0 Å². The highest BCUT2D eigenvalue weighted by Crippen LogP contribution is 2.10. The normalized spacial score (nSPS) is 23.9. The maximum atomic E-state index is 11.3. The highest BCUT2D eigenvalue weighted by atomic mass is 16.2. The molecule has 0 bridgehead atoms. The zero-order chi connectivity index (χ0) is 10.9. The fraction of sp³-hybridized carbons (Fsp3) is 0.625. The number of nitrogens with two attached hydrogens (primary N) is 1. The van der Waals surface area contributed by atoms with Crippen LogP contribution in [0.5, 0.6) is 0 Å². The van der Waals surface area contributed by atoms with Gasteiger partial charge in [-0.3, -0.25) is 19.3 Å². The van der Waals surface area contributed by atoms with Crippen LogP contribution in [-0.4, -0.2) is 41.8 Å². The Morgan fingerprint density at radius 3 is 2.57 bits per heavy atom. The lowest BCUT2D eigenvalue weighted by molar-refractivity contribution is -0.138. The molecule has 0 aromatic rings.